The molecule has 2 aliphatic rings. The Morgan fingerprint density at radius 1 is 0.968 bits per heavy atom. The first-order valence-corrected chi connectivity index (χ1v) is 11.1. The van der Waals surface area contributed by atoms with Crippen LogP contribution in [0.1, 0.15) is 48.2 Å². The van der Waals surface area contributed by atoms with Crippen molar-refractivity contribution in [3.05, 3.63) is 48.2 Å². The molecule has 31 heavy (non-hydrogen) atoms. The third-order valence-corrected chi connectivity index (χ3v) is 6.04. The molecule has 0 radical (unpaired) electrons. The summed E-state index contributed by atoms with van der Waals surface area (Å²) in [6.45, 7) is 2.70. The molecule has 8 nitrogen and oxygen atoms in total. The molecule has 1 saturated heterocycles. The number of nitrogens with zero attached hydrogens (tertiary/aromatic N) is 5. The summed E-state index contributed by atoms with van der Waals surface area (Å²) in [6.07, 6.45) is 12.9. The van der Waals surface area contributed by atoms with Crippen molar-refractivity contribution in [1.82, 2.24) is 24.8 Å². The first kappa shape index (κ1) is 21.2. The van der Waals surface area contributed by atoms with Crippen molar-refractivity contribution in [3.8, 4) is 5.88 Å². The van der Waals surface area contributed by atoms with Gasteiger partial charge in [-0.25, -0.2) is 4.98 Å². The Kier molecular flexibility index (Phi) is 7.07. The van der Waals surface area contributed by atoms with Crippen LogP contribution in [0, 0.1) is 5.92 Å². The number of aromatic nitrogens is 3. The van der Waals surface area contributed by atoms with Crippen LogP contribution in [0.5, 0.6) is 5.88 Å². The van der Waals surface area contributed by atoms with Crippen LogP contribution in [0.25, 0.3) is 0 Å². The summed E-state index contributed by atoms with van der Waals surface area (Å²) in [7, 11) is 0. The molecule has 2 aromatic rings. The van der Waals surface area contributed by atoms with Gasteiger partial charge >= 0.3 is 0 Å². The van der Waals surface area contributed by atoms with E-state index >= 15 is 0 Å². The molecule has 2 amide bonds. The topological polar surface area (TPSA) is 88.5 Å². The predicted octanol–water partition coefficient (Wildman–Crippen LogP) is 2.36. The predicted molar refractivity (Wildman–Crippen MR) is 115 cm³/mol. The molecular weight excluding hydrogens is 394 g/mol. The lowest BCUT2D eigenvalue weighted by Crippen LogP contribution is -2.51. The van der Waals surface area contributed by atoms with E-state index in [2.05, 4.69) is 15.0 Å². The van der Waals surface area contributed by atoms with Gasteiger partial charge in [-0.3, -0.25) is 19.6 Å². The molecular formula is C23H29N5O3. The smallest absolute Gasteiger partial charge is 0.254 e. The molecule has 0 bridgehead atoms. The van der Waals surface area contributed by atoms with Crippen LogP contribution >= 0.6 is 0 Å². The van der Waals surface area contributed by atoms with Gasteiger partial charge in [0, 0.05) is 62.6 Å². The van der Waals surface area contributed by atoms with E-state index in [9.17, 15) is 9.59 Å². The number of hydrogen-bond donors (Lipinski definition) is 0. The second kappa shape index (κ2) is 10.3. The number of carbonyl (C=O) groups excluding carboxylic acids is 2. The molecule has 0 spiro atoms. The fraction of sp³-hybridized carbons (Fsp3) is 0.522. The molecule has 0 aromatic carbocycles. The van der Waals surface area contributed by atoms with Crippen molar-refractivity contribution in [3.63, 3.8) is 0 Å². The van der Waals surface area contributed by atoms with E-state index in [1.165, 1.54) is 32.1 Å². The van der Waals surface area contributed by atoms with Gasteiger partial charge in [0.15, 0.2) is 0 Å². The van der Waals surface area contributed by atoms with E-state index in [1.807, 2.05) is 0 Å². The van der Waals surface area contributed by atoms with Gasteiger partial charge in [0.2, 0.25) is 11.8 Å². The van der Waals surface area contributed by atoms with E-state index in [-0.39, 0.29) is 18.2 Å². The quantitative estimate of drug-likeness (QED) is 0.709. The summed E-state index contributed by atoms with van der Waals surface area (Å²) in [4.78, 5) is 41.4. The number of ether oxygens (including phenoxy) is 1. The first-order valence-electron chi connectivity index (χ1n) is 11.1. The monoisotopic (exact) mass is 423 g/mol. The Balaban J connectivity index is 1.27. The molecule has 1 aliphatic heterocycles. The van der Waals surface area contributed by atoms with Crippen molar-refractivity contribution in [2.45, 2.75) is 38.5 Å². The van der Waals surface area contributed by atoms with Gasteiger partial charge in [-0.15, -0.1) is 0 Å². The minimum Gasteiger partial charge on any atom is -0.477 e. The Morgan fingerprint density at radius 2 is 1.74 bits per heavy atom. The fourth-order valence-electron chi connectivity index (χ4n) is 4.21. The highest BCUT2D eigenvalue weighted by Crippen LogP contribution is 2.24. The van der Waals surface area contributed by atoms with Gasteiger partial charge < -0.3 is 14.5 Å². The summed E-state index contributed by atoms with van der Waals surface area (Å²) < 4.78 is 5.88. The van der Waals surface area contributed by atoms with E-state index in [4.69, 9.17) is 4.74 Å². The second-order valence-electron chi connectivity index (χ2n) is 8.24. The lowest BCUT2D eigenvalue weighted by molar-refractivity contribution is -0.132. The van der Waals surface area contributed by atoms with Crippen LogP contribution in [0.15, 0.2) is 36.9 Å². The molecule has 2 fully saturated rings. The third-order valence-electron chi connectivity index (χ3n) is 6.04. The van der Waals surface area contributed by atoms with Crippen LogP contribution < -0.4 is 4.74 Å². The molecule has 1 saturated carbocycles. The van der Waals surface area contributed by atoms with E-state index in [0.29, 0.717) is 55.8 Å². The number of piperazine rings is 1. The van der Waals surface area contributed by atoms with Crippen LogP contribution in [-0.4, -0.2) is 69.4 Å². The van der Waals surface area contributed by atoms with Gasteiger partial charge in [0.05, 0.1) is 18.7 Å². The summed E-state index contributed by atoms with van der Waals surface area (Å²) in [5, 5.41) is 0. The minimum absolute atomic E-state index is 0.00918. The fourth-order valence-corrected chi connectivity index (χ4v) is 4.21. The third kappa shape index (κ3) is 5.77. The maximum Gasteiger partial charge on any atom is 0.254 e. The van der Waals surface area contributed by atoms with Crippen molar-refractivity contribution in [2.24, 2.45) is 5.92 Å². The maximum absolute atomic E-state index is 12.9. The van der Waals surface area contributed by atoms with E-state index < -0.39 is 0 Å². The van der Waals surface area contributed by atoms with Gasteiger partial charge in [-0.05, 0) is 24.8 Å². The van der Waals surface area contributed by atoms with Gasteiger partial charge in [0.1, 0.15) is 0 Å². The Hall–Kier alpha value is -3.03. The molecule has 0 unspecified atom stereocenters. The summed E-state index contributed by atoms with van der Waals surface area (Å²) >= 11 is 0. The average Bonchev–Trinajstić information content (AvgIpc) is 2.84. The molecule has 8 heteroatoms. The molecule has 164 valence electrons. The highest BCUT2D eigenvalue weighted by molar-refractivity contribution is 5.94. The lowest BCUT2D eigenvalue weighted by atomic mass is 9.90. The van der Waals surface area contributed by atoms with E-state index in [0.717, 1.165) is 0 Å². The molecule has 0 atom stereocenters. The number of hydrogen-bond acceptors (Lipinski definition) is 6. The Morgan fingerprint density at radius 3 is 2.48 bits per heavy atom. The van der Waals surface area contributed by atoms with Crippen LogP contribution in [0.4, 0.5) is 0 Å². The standard InChI is InChI=1S/C23H29N5O3/c29-22(15-20-16-24-8-9-25-20)27-10-12-28(13-11-27)23(30)19-6-7-26-21(14-19)31-17-18-4-2-1-3-5-18/h6-9,14,16,18H,1-5,10-13,15,17H2. The summed E-state index contributed by atoms with van der Waals surface area (Å²) in [5.74, 6) is 1.05. The molecule has 4 rings (SSSR count). The second-order valence-corrected chi connectivity index (χ2v) is 8.24. The van der Waals surface area contributed by atoms with E-state index in [1.54, 1.807) is 46.7 Å². The number of carbonyl (C=O) groups is 2. The number of pyridine rings is 1. The number of rotatable bonds is 6. The Bertz CT molecular complexity index is 878. The van der Waals surface area contributed by atoms with Crippen LogP contribution in [0.3, 0.4) is 0 Å². The average molecular weight is 424 g/mol. The molecule has 0 N–H and O–H groups in total. The summed E-state index contributed by atoms with van der Waals surface area (Å²) in [6, 6.07) is 3.46. The van der Waals surface area contributed by atoms with Gasteiger partial charge in [-0.1, -0.05) is 19.3 Å². The van der Waals surface area contributed by atoms with Crippen molar-refractivity contribution in [1.29, 1.82) is 0 Å². The first-order chi connectivity index (χ1) is 15.2. The zero-order valence-electron chi connectivity index (χ0n) is 17.8. The van der Waals surface area contributed by atoms with Crippen molar-refractivity contribution < 1.29 is 14.3 Å². The molecule has 2 aromatic heterocycles. The van der Waals surface area contributed by atoms with Crippen molar-refractivity contribution >= 4 is 11.8 Å². The maximum atomic E-state index is 12.9. The van der Waals surface area contributed by atoms with Crippen molar-refractivity contribution in [2.75, 3.05) is 32.8 Å². The summed E-state index contributed by atoms with van der Waals surface area (Å²) in [5.41, 5.74) is 1.23. The largest absolute Gasteiger partial charge is 0.477 e. The highest BCUT2D eigenvalue weighted by Gasteiger charge is 2.25. The molecule has 1 aliphatic carbocycles. The lowest BCUT2D eigenvalue weighted by Gasteiger charge is -2.34. The van der Waals surface area contributed by atoms with Crippen LogP contribution in [-0.2, 0) is 11.2 Å². The normalized spacial score (nSPS) is 17.4. The van der Waals surface area contributed by atoms with Gasteiger partial charge in [0.25, 0.3) is 5.91 Å². The SMILES string of the molecule is O=C(Cc1cnccn1)N1CCN(C(=O)c2ccnc(OCC3CCCCC3)c2)CC1. The minimum atomic E-state index is -0.0501. The highest BCUT2D eigenvalue weighted by atomic mass is 16.5. The number of amides is 2. The van der Waals surface area contributed by atoms with Crippen LogP contribution in [0.2, 0.25) is 0 Å². The zero-order chi connectivity index (χ0) is 21.5. The molecule has 3 heterocycles. The van der Waals surface area contributed by atoms with Gasteiger partial charge in [-0.2, -0.15) is 0 Å². The zero-order valence-corrected chi connectivity index (χ0v) is 17.8. The Labute approximate surface area is 182 Å².